The van der Waals surface area contributed by atoms with Crippen LogP contribution in [0.1, 0.15) is 16.9 Å². The van der Waals surface area contributed by atoms with Crippen LogP contribution in [0.4, 0.5) is 0 Å². The summed E-state index contributed by atoms with van der Waals surface area (Å²) in [4.78, 5) is 0.134. The molecule has 1 heterocycles. The molecule has 0 fully saturated rings. The zero-order chi connectivity index (χ0) is 19.4. The highest BCUT2D eigenvalue weighted by atomic mass is 35.5. The maximum Gasteiger partial charge on any atom is 0.238 e. The third kappa shape index (κ3) is 4.99. The van der Waals surface area contributed by atoms with E-state index in [1.54, 1.807) is 12.1 Å². The molecule has 0 atom stereocenters. The zero-order valence-electron chi connectivity index (χ0n) is 15.0. The molecule has 1 aromatic heterocycles. The minimum atomic E-state index is -3.64. The van der Waals surface area contributed by atoms with E-state index in [4.69, 9.17) is 21.2 Å². The Morgan fingerprint density at radius 3 is 2.52 bits per heavy atom. The number of primary sulfonamides is 1. The Kier molecular flexibility index (Phi) is 6.01. The average Bonchev–Trinajstić information content (AvgIpc) is 3.09. The number of hydrogen-bond donors (Lipinski definition) is 2. The zero-order valence-corrected chi connectivity index (χ0v) is 16.6. The molecule has 4 N–H and O–H groups in total. The first kappa shape index (κ1) is 19.6. The number of benzene rings is 2. The minimum Gasteiger partial charge on any atom is -0.455 e. The van der Waals surface area contributed by atoms with Crippen molar-refractivity contribution in [3.05, 3.63) is 76.5 Å². The molecule has 0 saturated heterocycles. The molecule has 142 valence electrons. The van der Waals surface area contributed by atoms with Gasteiger partial charge in [0.05, 0.1) is 11.4 Å². The fourth-order valence-electron chi connectivity index (χ4n) is 2.87. The van der Waals surface area contributed by atoms with Crippen LogP contribution in [0.3, 0.4) is 0 Å². The molecular formula is C20H22ClN2O3S+. The van der Waals surface area contributed by atoms with E-state index in [9.17, 15) is 8.42 Å². The third-order valence-electron chi connectivity index (χ3n) is 4.43. The van der Waals surface area contributed by atoms with Crippen LogP contribution in [0.25, 0.3) is 11.3 Å². The van der Waals surface area contributed by atoms with Gasteiger partial charge in [0, 0.05) is 17.0 Å². The van der Waals surface area contributed by atoms with Crippen molar-refractivity contribution in [3.63, 3.8) is 0 Å². The van der Waals surface area contributed by atoms with Crippen LogP contribution >= 0.6 is 11.6 Å². The molecule has 3 aromatic rings. The summed E-state index contributed by atoms with van der Waals surface area (Å²) in [5.74, 6) is 1.71. The second-order valence-corrected chi connectivity index (χ2v) is 8.37. The molecule has 27 heavy (non-hydrogen) atoms. The van der Waals surface area contributed by atoms with Gasteiger partial charge in [0.1, 0.15) is 12.3 Å². The molecule has 2 aromatic carbocycles. The van der Waals surface area contributed by atoms with E-state index in [1.807, 2.05) is 37.3 Å². The number of hydrogen-bond acceptors (Lipinski definition) is 3. The van der Waals surface area contributed by atoms with Gasteiger partial charge in [-0.25, -0.2) is 13.6 Å². The first-order chi connectivity index (χ1) is 12.8. The van der Waals surface area contributed by atoms with Gasteiger partial charge in [-0.15, -0.1) is 0 Å². The summed E-state index contributed by atoms with van der Waals surface area (Å²) in [6.45, 7) is 3.57. The van der Waals surface area contributed by atoms with Crippen molar-refractivity contribution in [2.24, 2.45) is 5.14 Å². The van der Waals surface area contributed by atoms with Crippen molar-refractivity contribution in [2.45, 2.75) is 24.8 Å². The topological polar surface area (TPSA) is 89.9 Å². The minimum absolute atomic E-state index is 0.134. The van der Waals surface area contributed by atoms with Gasteiger partial charge in [-0.1, -0.05) is 35.9 Å². The van der Waals surface area contributed by atoms with Gasteiger partial charge in [-0.05, 0) is 48.4 Å². The summed E-state index contributed by atoms with van der Waals surface area (Å²) in [6.07, 6.45) is 0.825. The van der Waals surface area contributed by atoms with Gasteiger partial charge >= 0.3 is 0 Å². The monoisotopic (exact) mass is 405 g/mol. The predicted molar refractivity (Wildman–Crippen MR) is 106 cm³/mol. The standard InChI is InChI=1S/C20H21ClN2O3S/c1-14-18(3-2-4-19(14)21)20-10-7-16(26-20)13-23-12-11-15-5-8-17(9-6-15)27(22,24)25/h2-10,23H,11-13H2,1H3,(H2,22,24,25)/p+1. The molecule has 0 aliphatic heterocycles. The van der Waals surface area contributed by atoms with E-state index in [1.165, 1.54) is 12.1 Å². The van der Waals surface area contributed by atoms with Crippen molar-refractivity contribution in [1.29, 1.82) is 0 Å². The molecule has 0 spiro atoms. The SMILES string of the molecule is Cc1c(Cl)cccc1-c1ccc(C[NH2+]CCc2ccc(S(N)(=O)=O)cc2)o1. The first-order valence-electron chi connectivity index (χ1n) is 8.62. The lowest BCUT2D eigenvalue weighted by Gasteiger charge is -2.04. The highest BCUT2D eigenvalue weighted by Gasteiger charge is 2.10. The van der Waals surface area contributed by atoms with Gasteiger partial charge < -0.3 is 9.73 Å². The van der Waals surface area contributed by atoms with E-state index in [-0.39, 0.29) is 4.90 Å². The van der Waals surface area contributed by atoms with Crippen LogP contribution in [0.2, 0.25) is 5.02 Å². The Morgan fingerprint density at radius 1 is 1.07 bits per heavy atom. The first-order valence-corrected chi connectivity index (χ1v) is 10.5. The molecule has 0 aliphatic rings. The quantitative estimate of drug-likeness (QED) is 0.592. The molecule has 5 nitrogen and oxygen atoms in total. The van der Waals surface area contributed by atoms with Gasteiger partial charge in [-0.3, -0.25) is 0 Å². The molecule has 0 radical (unpaired) electrons. The summed E-state index contributed by atoms with van der Waals surface area (Å²) in [5.41, 5.74) is 3.07. The Morgan fingerprint density at radius 2 is 1.81 bits per heavy atom. The van der Waals surface area contributed by atoms with E-state index in [0.29, 0.717) is 0 Å². The lowest BCUT2D eigenvalue weighted by Crippen LogP contribution is -2.83. The van der Waals surface area contributed by atoms with Crippen molar-refractivity contribution < 1.29 is 18.2 Å². The summed E-state index contributed by atoms with van der Waals surface area (Å²) in [5, 5.41) is 7.98. The molecule has 7 heteroatoms. The average molecular weight is 406 g/mol. The number of sulfonamides is 1. The van der Waals surface area contributed by atoms with Crippen molar-refractivity contribution >= 4 is 21.6 Å². The van der Waals surface area contributed by atoms with Crippen LogP contribution < -0.4 is 10.5 Å². The summed E-state index contributed by atoms with van der Waals surface area (Å²) in [6, 6.07) is 16.4. The Balaban J connectivity index is 1.53. The number of halogens is 1. The third-order valence-corrected chi connectivity index (χ3v) is 5.77. The van der Waals surface area contributed by atoms with E-state index >= 15 is 0 Å². The Labute approximate surface area is 164 Å². The van der Waals surface area contributed by atoms with Crippen LogP contribution in [-0.4, -0.2) is 15.0 Å². The van der Waals surface area contributed by atoms with E-state index in [2.05, 4.69) is 5.32 Å². The maximum atomic E-state index is 11.3. The van der Waals surface area contributed by atoms with Gasteiger partial charge in [-0.2, -0.15) is 0 Å². The highest BCUT2D eigenvalue weighted by Crippen LogP contribution is 2.29. The maximum absolute atomic E-state index is 11.3. The highest BCUT2D eigenvalue weighted by molar-refractivity contribution is 7.89. The van der Waals surface area contributed by atoms with Crippen molar-refractivity contribution in [1.82, 2.24) is 0 Å². The van der Waals surface area contributed by atoms with Crippen molar-refractivity contribution in [2.75, 3.05) is 6.54 Å². The number of rotatable bonds is 7. The predicted octanol–water partition coefficient (Wildman–Crippen LogP) is 2.86. The summed E-state index contributed by atoms with van der Waals surface area (Å²) < 4.78 is 28.5. The van der Waals surface area contributed by atoms with E-state index < -0.39 is 10.0 Å². The molecule has 0 aliphatic carbocycles. The number of quaternary nitrogens is 1. The lowest BCUT2D eigenvalue weighted by atomic mass is 10.1. The molecule has 0 bridgehead atoms. The molecule has 0 unspecified atom stereocenters. The Hall–Kier alpha value is -2.12. The molecular weight excluding hydrogens is 384 g/mol. The van der Waals surface area contributed by atoms with Crippen LogP contribution in [0.5, 0.6) is 0 Å². The smallest absolute Gasteiger partial charge is 0.238 e. The largest absolute Gasteiger partial charge is 0.455 e. The van der Waals surface area contributed by atoms with Crippen molar-refractivity contribution in [3.8, 4) is 11.3 Å². The number of nitrogens with two attached hydrogens (primary N) is 2. The van der Waals surface area contributed by atoms with Crippen LogP contribution in [0, 0.1) is 6.92 Å². The second-order valence-electron chi connectivity index (χ2n) is 6.40. The fraction of sp³-hybridized carbons (Fsp3) is 0.200. The van der Waals surface area contributed by atoms with Gasteiger partial charge in [0.2, 0.25) is 10.0 Å². The summed E-state index contributed by atoms with van der Waals surface area (Å²) >= 11 is 6.18. The van der Waals surface area contributed by atoms with Gasteiger partial charge in [0.25, 0.3) is 0 Å². The Bertz CT molecular complexity index is 1030. The normalized spacial score (nSPS) is 11.7. The number of furan rings is 1. The fourth-order valence-corrected chi connectivity index (χ4v) is 3.56. The van der Waals surface area contributed by atoms with Crippen LogP contribution in [-0.2, 0) is 23.0 Å². The molecule has 0 saturated carbocycles. The van der Waals surface area contributed by atoms with E-state index in [0.717, 1.165) is 52.7 Å². The molecule has 3 rings (SSSR count). The summed E-state index contributed by atoms with van der Waals surface area (Å²) in [7, 11) is -3.64. The second kappa shape index (κ2) is 8.27. The van der Waals surface area contributed by atoms with Gasteiger partial charge in [0.15, 0.2) is 5.76 Å². The molecule has 0 amide bonds. The van der Waals surface area contributed by atoms with Crippen LogP contribution in [0.15, 0.2) is 63.9 Å². The lowest BCUT2D eigenvalue weighted by molar-refractivity contribution is -0.671.